The second kappa shape index (κ2) is 8.11. The summed E-state index contributed by atoms with van der Waals surface area (Å²) in [5.74, 6) is 0.537. The van der Waals surface area contributed by atoms with Crippen molar-refractivity contribution in [3.05, 3.63) is 34.6 Å². The molecule has 2 N–H and O–H groups in total. The van der Waals surface area contributed by atoms with E-state index in [9.17, 15) is 9.90 Å². The van der Waals surface area contributed by atoms with Crippen LogP contribution < -0.4 is 10.5 Å². The summed E-state index contributed by atoms with van der Waals surface area (Å²) in [6, 6.07) is 7.40. The van der Waals surface area contributed by atoms with Gasteiger partial charge in [0.05, 0.1) is 24.1 Å². The zero-order valence-electron chi connectivity index (χ0n) is 13.9. The van der Waals surface area contributed by atoms with E-state index in [0.29, 0.717) is 34.9 Å². The number of morpholine rings is 1. The molecule has 130 valence electrons. The van der Waals surface area contributed by atoms with E-state index in [1.807, 2.05) is 31.2 Å². The largest absolute Gasteiger partial charge is 0.386 e. The van der Waals surface area contributed by atoms with E-state index in [2.05, 4.69) is 4.98 Å². The van der Waals surface area contributed by atoms with Crippen LogP contribution in [0.2, 0.25) is 0 Å². The number of thioether (sulfide) groups is 1. The maximum Gasteiger partial charge on any atom is 0.262 e. The second-order valence-corrected chi connectivity index (χ2v) is 6.98. The molecule has 3 rings (SSSR count). The highest BCUT2D eigenvalue weighted by atomic mass is 32.2. The number of fused-ring (bicyclic) bond motifs is 1. The van der Waals surface area contributed by atoms with E-state index < -0.39 is 6.10 Å². The summed E-state index contributed by atoms with van der Waals surface area (Å²) in [6.45, 7) is 6.62. The summed E-state index contributed by atoms with van der Waals surface area (Å²) in [6.07, 6.45) is -0.420. The van der Waals surface area contributed by atoms with Gasteiger partial charge in [-0.3, -0.25) is 9.36 Å². The minimum atomic E-state index is -0.420. The van der Waals surface area contributed by atoms with Crippen LogP contribution >= 0.6 is 11.8 Å². The lowest BCUT2D eigenvalue weighted by Gasteiger charge is -2.25. The van der Waals surface area contributed by atoms with Gasteiger partial charge in [-0.15, -0.1) is 0 Å². The van der Waals surface area contributed by atoms with Gasteiger partial charge in [0.25, 0.3) is 5.56 Å². The molecule has 2 heterocycles. The number of aliphatic hydroxyl groups is 1. The summed E-state index contributed by atoms with van der Waals surface area (Å²) in [4.78, 5) is 18.6. The second-order valence-electron chi connectivity index (χ2n) is 5.99. The van der Waals surface area contributed by atoms with Gasteiger partial charge >= 0.3 is 0 Å². The predicted octanol–water partition coefficient (Wildman–Crippen LogP) is -0.215. The molecule has 0 radical (unpaired) electrons. The number of aliphatic hydroxyl groups excluding tert-OH is 1. The van der Waals surface area contributed by atoms with E-state index in [4.69, 9.17) is 4.74 Å². The van der Waals surface area contributed by atoms with Gasteiger partial charge in [0, 0.05) is 12.3 Å². The Morgan fingerprint density at radius 3 is 2.88 bits per heavy atom. The molecule has 0 unspecified atom stereocenters. The normalized spacial score (nSPS) is 17.2. The topological polar surface area (TPSA) is 68.8 Å². The molecule has 1 fully saturated rings. The third-order valence-corrected chi connectivity index (χ3v) is 5.39. The van der Waals surface area contributed by atoms with Crippen LogP contribution in [0.5, 0.6) is 0 Å². The average molecular weight is 350 g/mol. The van der Waals surface area contributed by atoms with Gasteiger partial charge in [0.2, 0.25) is 0 Å². The van der Waals surface area contributed by atoms with Crippen molar-refractivity contribution >= 4 is 22.7 Å². The number of ether oxygens (including phenoxy) is 1. The first-order chi connectivity index (χ1) is 11.7. The maximum atomic E-state index is 12.6. The third-order valence-electron chi connectivity index (χ3n) is 4.27. The highest BCUT2D eigenvalue weighted by molar-refractivity contribution is 7.99. The molecule has 0 spiro atoms. The molecule has 1 aliphatic rings. The predicted molar refractivity (Wildman–Crippen MR) is 94.8 cm³/mol. The number of hydrogen-bond donors (Lipinski definition) is 2. The molecule has 1 aliphatic heterocycles. The van der Waals surface area contributed by atoms with Crippen molar-refractivity contribution in [3.63, 3.8) is 0 Å². The number of rotatable bonds is 6. The Balaban J connectivity index is 1.71. The van der Waals surface area contributed by atoms with E-state index in [1.165, 1.54) is 16.7 Å². The first kappa shape index (κ1) is 17.4. The number of benzene rings is 1. The lowest BCUT2D eigenvalue weighted by atomic mass is 10.2. The molecule has 6 nitrogen and oxygen atoms in total. The maximum absolute atomic E-state index is 12.6. The van der Waals surface area contributed by atoms with Crippen molar-refractivity contribution in [3.8, 4) is 0 Å². The van der Waals surface area contributed by atoms with Crippen LogP contribution in [0, 0.1) is 0 Å². The fourth-order valence-corrected chi connectivity index (χ4v) is 3.95. The molecule has 1 atom stereocenters. The Morgan fingerprint density at radius 1 is 1.38 bits per heavy atom. The third kappa shape index (κ3) is 3.97. The number of nitrogens with one attached hydrogen (secondary N) is 1. The highest BCUT2D eigenvalue weighted by Gasteiger charge is 2.19. The number of hydrogen-bond acceptors (Lipinski definition) is 5. The van der Waals surface area contributed by atoms with E-state index in [-0.39, 0.29) is 5.56 Å². The van der Waals surface area contributed by atoms with Crippen LogP contribution in [0.15, 0.2) is 34.2 Å². The minimum Gasteiger partial charge on any atom is -0.386 e. The Hall–Kier alpha value is -1.41. The van der Waals surface area contributed by atoms with Gasteiger partial charge < -0.3 is 14.7 Å². The monoisotopic (exact) mass is 350 g/mol. The molecule has 0 aliphatic carbocycles. The smallest absolute Gasteiger partial charge is 0.262 e. The zero-order chi connectivity index (χ0) is 16.9. The van der Waals surface area contributed by atoms with Crippen LogP contribution in [0.1, 0.15) is 6.92 Å². The molecule has 0 amide bonds. The summed E-state index contributed by atoms with van der Waals surface area (Å²) in [5, 5.41) is 11.6. The average Bonchev–Trinajstić information content (AvgIpc) is 2.61. The Labute approximate surface area is 145 Å². The summed E-state index contributed by atoms with van der Waals surface area (Å²) in [5.41, 5.74) is 0.696. The molecule has 2 aromatic rings. The number of para-hydroxylation sites is 1. The molecule has 1 aromatic carbocycles. The quantitative estimate of drug-likeness (QED) is 0.557. The summed E-state index contributed by atoms with van der Waals surface area (Å²) < 4.78 is 7.02. The van der Waals surface area contributed by atoms with Gasteiger partial charge in [0.15, 0.2) is 5.16 Å². The molecular formula is C17H24N3O3S+. The molecule has 1 saturated heterocycles. The lowest BCUT2D eigenvalue weighted by molar-refractivity contribution is -0.910. The molecule has 24 heavy (non-hydrogen) atoms. The fourth-order valence-electron chi connectivity index (χ4n) is 2.96. The molecule has 0 saturated carbocycles. The van der Waals surface area contributed by atoms with Gasteiger partial charge in [-0.05, 0) is 19.1 Å². The Bertz CT molecular complexity index is 743. The fraction of sp³-hybridized carbons (Fsp3) is 0.529. The van der Waals surface area contributed by atoms with Crippen molar-refractivity contribution in [2.75, 3.05) is 38.6 Å². The summed E-state index contributed by atoms with van der Waals surface area (Å²) in [7, 11) is 0. The number of aromatic nitrogens is 2. The van der Waals surface area contributed by atoms with E-state index in [0.717, 1.165) is 26.3 Å². The van der Waals surface area contributed by atoms with Crippen molar-refractivity contribution in [2.45, 2.75) is 24.7 Å². The first-order valence-corrected chi connectivity index (χ1v) is 9.39. The van der Waals surface area contributed by atoms with Gasteiger partial charge in [-0.2, -0.15) is 0 Å². The lowest BCUT2D eigenvalue weighted by Crippen LogP contribution is -3.15. The molecule has 0 bridgehead atoms. The van der Waals surface area contributed by atoms with Crippen LogP contribution in [0.3, 0.4) is 0 Å². The molecule has 1 aromatic heterocycles. The molecular weight excluding hydrogens is 326 g/mol. The van der Waals surface area contributed by atoms with Crippen molar-refractivity contribution < 1.29 is 14.7 Å². The Morgan fingerprint density at radius 2 is 2.12 bits per heavy atom. The van der Waals surface area contributed by atoms with Crippen LogP contribution in [0.25, 0.3) is 10.9 Å². The van der Waals surface area contributed by atoms with Gasteiger partial charge in [-0.1, -0.05) is 23.9 Å². The first-order valence-electron chi connectivity index (χ1n) is 8.40. The highest BCUT2D eigenvalue weighted by Crippen LogP contribution is 2.18. The van der Waals surface area contributed by atoms with Crippen molar-refractivity contribution in [1.82, 2.24) is 9.55 Å². The number of quaternary nitrogens is 1. The summed E-state index contributed by atoms with van der Waals surface area (Å²) >= 11 is 1.45. The zero-order valence-corrected chi connectivity index (χ0v) is 14.7. The Kier molecular flexibility index (Phi) is 5.89. The van der Waals surface area contributed by atoms with Gasteiger partial charge in [0.1, 0.15) is 25.7 Å². The van der Waals surface area contributed by atoms with Gasteiger partial charge in [-0.25, -0.2) is 4.98 Å². The standard InChI is InChI=1S/C17H23N3O3S/c1-2-20-16(22)14-5-3-4-6-15(14)18-17(20)24-12-13(21)11-19-7-9-23-10-8-19/h3-6,13,21H,2,7-12H2,1H3/p+1/t13-/m0/s1. The van der Waals surface area contributed by atoms with Crippen LogP contribution in [-0.2, 0) is 11.3 Å². The van der Waals surface area contributed by atoms with E-state index in [1.54, 1.807) is 4.57 Å². The van der Waals surface area contributed by atoms with Crippen LogP contribution in [-0.4, -0.2) is 59.4 Å². The van der Waals surface area contributed by atoms with Crippen LogP contribution in [0.4, 0.5) is 0 Å². The van der Waals surface area contributed by atoms with Crippen molar-refractivity contribution in [1.29, 1.82) is 0 Å². The SMILES string of the molecule is CCn1c(SC[C@@H](O)C[NH+]2CCOCC2)nc2ccccc2c1=O. The number of nitrogens with zero attached hydrogens (tertiary/aromatic N) is 2. The minimum absolute atomic E-state index is 0.0149. The van der Waals surface area contributed by atoms with Crippen molar-refractivity contribution in [2.24, 2.45) is 0 Å². The molecule has 7 heteroatoms. The van der Waals surface area contributed by atoms with E-state index >= 15 is 0 Å².